The van der Waals surface area contributed by atoms with Crippen molar-refractivity contribution in [1.82, 2.24) is 5.32 Å². The van der Waals surface area contributed by atoms with Gasteiger partial charge in [-0.1, -0.05) is 26.2 Å². The molecule has 0 bridgehead atoms. The minimum Gasteiger partial charge on any atom is -0.312 e. The molecule has 0 heterocycles. The summed E-state index contributed by atoms with van der Waals surface area (Å²) in [6, 6.07) is 0. The van der Waals surface area contributed by atoms with Crippen LogP contribution in [0.5, 0.6) is 0 Å². The van der Waals surface area contributed by atoms with Gasteiger partial charge in [0, 0.05) is 5.54 Å². The van der Waals surface area contributed by atoms with Gasteiger partial charge < -0.3 is 5.32 Å². The highest BCUT2D eigenvalue weighted by molar-refractivity contribution is 4.87. The Balaban J connectivity index is 2.41. The summed E-state index contributed by atoms with van der Waals surface area (Å²) >= 11 is 0. The average Bonchev–Trinajstić information content (AvgIpc) is 2.06. The molecule has 0 radical (unpaired) electrons. The molecule has 0 saturated heterocycles. The van der Waals surface area contributed by atoms with Gasteiger partial charge in [0.25, 0.3) is 0 Å². The SMILES string of the molecule is CCNC(C)(C)C1CCCCC1. The van der Waals surface area contributed by atoms with Crippen LogP contribution in [0.1, 0.15) is 52.9 Å². The summed E-state index contributed by atoms with van der Waals surface area (Å²) in [5.74, 6) is 0.909. The molecule has 12 heavy (non-hydrogen) atoms. The summed E-state index contributed by atoms with van der Waals surface area (Å²) < 4.78 is 0. The summed E-state index contributed by atoms with van der Waals surface area (Å²) in [5, 5.41) is 3.59. The van der Waals surface area contributed by atoms with Gasteiger partial charge in [-0.05, 0) is 39.2 Å². The molecule has 1 aliphatic carbocycles. The fraction of sp³-hybridized carbons (Fsp3) is 1.00. The van der Waals surface area contributed by atoms with Gasteiger partial charge in [-0.15, -0.1) is 0 Å². The zero-order chi connectivity index (χ0) is 9.03. The molecule has 0 spiro atoms. The van der Waals surface area contributed by atoms with Gasteiger partial charge in [-0.25, -0.2) is 0 Å². The quantitative estimate of drug-likeness (QED) is 0.685. The predicted molar refractivity (Wildman–Crippen MR) is 54.3 cm³/mol. The second-order valence-corrected chi connectivity index (χ2v) is 4.59. The van der Waals surface area contributed by atoms with Crippen LogP contribution in [0.25, 0.3) is 0 Å². The van der Waals surface area contributed by atoms with Crippen LogP contribution in [-0.2, 0) is 0 Å². The molecule has 1 nitrogen and oxygen atoms in total. The first-order valence-electron chi connectivity index (χ1n) is 5.42. The van der Waals surface area contributed by atoms with E-state index >= 15 is 0 Å². The number of hydrogen-bond donors (Lipinski definition) is 1. The molecule has 0 aromatic heterocycles. The predicted octanol–water partition coefficient (Wildman–Crippen LogP) is 2.95. The smallest absolute Gasteiger partial charge is 0.0153 e. The summed E-state index contributed by atoms with van der Waals surface area (Å²) in [5.41, 5.74) is 0.370. The molecule has 0 aromatic carbocycles. The van der Waals surface area contributed by atoms with Gasteiger partial charge >= 0.3 is 0 Å². The van der Waals surface area contributed by atoms with Crippen molar-refractivity contribution in [2.75, 3.05) is 6.54 Å². The lowest BCUT2D eigenvalue weighted by Crippen LogP contribution is -2.46. The zero-order valence-electron chi connectivity index (χ0n) is 8.82. The van der Waals surface area contributed by atoms with Crippen molar-refractivity contribution in [3.05, 3.63) is 0 Å². The van der Waals surface area contributed by atoms with E-state index in [-0.39, 0.29) is 0 Å². The Morgan fingerprint density at radius 3 is 2.25 bits per heavy atom. The molecule has 0 unspecified atom stereocenters. The van der Waals surface area contributed by atoms with Crippen molar-refractivity contribution >= 4 is 0 Å². The molecule has 0 aliphatic heterocycles. The molecule has 0 amide bonds. The Bertz CT molecular complexity index is 123. The second-order valence-electron chi connectivity index (χ2n) is 4.59. The van der Waals surface area contributed by atoms with Crippen molar-refractivity contribution in [3.63, 3.8) is 0 Å². The Morgan fingerprint density at radius 2 is 1.75 bits per heavy atom. The second kappa shape index (κ2) is 4.27. The lowest BCUT2D eigenvalue weighted by Gasteiger charge is -2.37. The maximum Gasteiger partial charge on any atom is 0.0153 e. The summed E-state index contributed by atoms with van der Waals surface area (Å²) in [4.78, 5) is 0. The Hall–Kier alpha value is -0.0400. The summed E-state index contributed by atoms with van der Waals surface area (Å²) in [7, 11) is 0. The molecule has 1 saturated carbocycles. The Labute approximate surface area is 76.9 Å². The lowest BCUT2D eigenvalue weighted by atomic mass is 9.77. The number of rotatable bonds is 3. The zero-order valence-corrected chi connectivity index (χ0v) is 8.82. The Morgan fingerprint density at radius 1 is 1.17 bits per heavy atom. The van der Waals surface area contributed by atoms with E-state index in [1.165, 1.54) is 32.1 Å². The van der Waals surface area contributed by atoms with Crippen molar-refractivity contribution in [3.8, 4) is 0 Å². The van der Waals surface area contributed by atoms with E-state index in [1.54, 1.807) is 0 Å². The largest absolute Gasteiger partial charge is 0.312 e. The van der Waals surface area contributed by atoms with E-state index in [9.17, 15) is 0 Å². The maximum absolute atomic E-state index is 3.59. The standard InChI is InChI=1S/C11H23N/c1-4-12-11(2,3)10-8-6-5-7-9-10/h10,12H,4-9H2,1-3H3. The molecular weight excluding hydrogens is 146 g/mol. The normalized spacial score (nSPS) is 21.2. The van der Waals surface area contributed by atoms with Gasteiger partial charge in [0.05, 0.1) is 0 Å². The van der Waals surface area contributed by atoms with Gasteiger partial charge in [0.2, 0.25) is 0 Å². The highest BCUT2D eigenvalue weighted by Gasteiger charge is 2.29. The van der Waals surface area contributed by atoms with E-state index in [0.717, 1.165) is 12.5 Å². The number of nitrogens with one attached hydrogen (secondary N) is 1. The minimum absolute atomic E-state index is 0.370. The lowest BCUT2D eigenvalue weighted by molar-refractivity contribution is 0.198. The molecule has 0 atom stereocenters. The van der Waals surface area contributed by atoms with Gasteiger partial charge in [0.15, 0.2) is 0 Å². The highest BCUT2D eigenvalue weighted by Crippen LogP contribution is 2.32. The van der Waals surface area contributed by atoms with E-state index in [2.05, 4.69) is 26.1 Å². The molecule has 72 valence electrons. The van der Waals surface area contributed by atoms with E-state index in [1.807, 2.05) is 0 Å². The van der Waals surface area contributed by atoms with Gasteiger partial charge in [-0.3, -0.25) is 0 Å². The first-order valence-corrected chi connectivity index (χ1v) is 5.42. The summed E-state index contributed by atoms with van der Waals surface area (Å²) in [6.45, 7) is 8.01. The van der Waals surface area contributed by atoms with Crippen molar-refractivity contribution < 1.29 is 0 Å². The molecule has 0 aromatic rings. The van der Waals surface area contributed by atoms with Crippen LogP contribution in [0.3, 0.4) is 0 Å². The fourth-order valence-electron chi connectivity index (χ4n) is 2.42. The van der Waals surface area contributed by atoms with Crippen LogP contribution in [-0.4, -0.2) is 12.1 Å². The van der Waals surface area contributed by atoms with Gasteiger partial charge in [-0.2, -0.15) is 0 Å². The number of hydrogen-bond acceptors (Lipinski definition) is 1. The van der Waals surface area contributed by atoms with Crippen LogP contribution in [0.2, 0.25) is 0 Å². The highest BCUT2D eigenvalue weighted by atomic mass is 15.0. The van der Waals surface area contributed by atoms with Crippen LogP contribution < -0.4 is 5.32 Å². The minimum atomic E-state index is 0.370. The van der Waals surface area contributed by atoms with Crippen molar-refractivity contribution in [1.29, 1.82) is 0 Å². The topological polar surface area (TPSA) is 12.0 Å². The molecular formula is C11H23N. The van der Waals surface area contributed by atoms with Crippen LogP contribution >= 0.6 is 0 Å². The third-order valence-corrected chi connectivity index (χ3v) is 3.26. The maximum atomic E-state index is 3.59. The third kappa shape index (κ3) is 2.48. The van der Waals surface area contributed by atoms with Crippen LogP contribution in [0.4, 0.5) is 0 Å². The van der Waals surface area contributed by atoms with E-state index in [4.69, 9.17) is 0 Å². The summed E-state index contributed by atoms with van der Waals surface area (Å²) in [6.07, 6.45) is 7.21. The molecule has 1 N–H and O–H groups in total. The third-order valence-electron chi connectivity index (χ3n) is 3.26. The molecule has 1 fully saturated rings. The van der Waals surface area contributed by atoms with Crippen molar-refractivity contribution in [2.45, 2.75) is 58.4 Å². The fourth-order valence-corrected chi connectivity index (χ4v) is 2.42. The monoisotopic (exact) mass is 169 g/mol. The molecule has 1 aliphatic rings. The van der Waals surface area contributed by atoms with E-state index in [0.29, 0.717) is 5.54 Å². The van der Waals surface area contributed by atoms with Crippen LogP contribution in [0.15, 0.2) is 0 Å². The van der Waals surface area contributed by atoms with E-state index < -0.39 is 0 Å². The Kier molecular flexibility index (Phi) is 3.57. The van der Waals surface area contributed by atoms with Gasteiger partial charge in [0.1, 0.15) is 0 Å². The first-order chi connectivity index (χ1) is 5.67. The average molecular weight is 169 g/mol. The molecule has 1 heteroatoms. The first kappa shape index (κ1) is 10.0. The van der Waals surface area contributed by atoms with Crippen molar-refractivity contribution in [2.24, 2.45) is 5.92 Å². The molecule has 1 rings (SSSR count). The van der Waals surface area contributed by atoms with Crippen LogP contribution in [0, 0.1) is 5.92 Å².